The van der Waals surface area contributed by atoms with E-state index in [1.54, 1.807) is 0 Å². The van der Waals surface area contributed by atoms with Gasteiger partial charge in [0.2, 0.25) is 0 Å². The molecule has 66 valence electrons. The number of hydrogen-bond acceptors (Lipinski definition) is 1. The standard InChI is InChI=1S/C8H17O2P/c1-7(6-11(9)10)5-8(2,3)4/h7H,5-6H2,1-4H3/p+1. The average Bonchev–Trinajstić information content (AvgIpc) is 1.53. The van der Waals surface area contributed by atoms with Gasteiger partial charge in [-0.05, 0) is 16.4 Å². The van der Waals surface area contributed by atoms with Gasteiger partial charge in [-0.25, -0.2) is 0 Å². The van der Waals surface area contributed by atoms with Crippen LogP contribution in [0.1, 0.15) is 34.1 Å². The van der Waals surface area contributed by atoms with Crippen LogP contribution in [0.3, 0.4) is 0 Å². The van der Waals surface area contributed by atoms with Gasteiger partial charge in [0, 0.05) is 5.92 Å². The highest BCUT2D eigenvalue weighted by atomic mass is 31.1. The molecule has 0 rings (SSSR count). The predicted molar refractivity (Wildman–Crippen MR) is 47.9 cm³/mol. The Balaban J connectivity index is 3.69. The monoisotopic (exact) mass is 177 g/mol. The summed E-state index contributed by atoms with van der Waals surface area (Å²) in [5, 5.41) is 0. The molecule has 0 amide bonds. The molecule has 0 fully saturated rings. The van der Waals surface area contributed by atoms with E-state index in [-0.39, 0.29) is 5.41 Å². The molecule has 3 heteroatoms. The second kappa shape index (κ2) is 4.18. The Morgan fingerprint density at radius 1 is 1.45 bits per heavy atom. The first-order valence-electron chi connectivity index (χ1n) is 3.95. The molecule has 2 unspecified atom stereocenters. The van der Waals surface area contributed by atoms with Crippen molar-refractivity contribution in [1.29, 1.82) is 0 Å². The Morgan fingerprint density at radius 2 is 1.91 bits per heavy atom. The molecule has 0 aliphatic carbocycles. The molecule has 0 spiro atoms. The first kappa shape index (κ1) is 11.1. The normalized spacial score (nSPS) is 16.3. The lowest BCUT2D eigenvalue weighted by Gasteiger charge is -2.20. The predicted octanol–water partition coefficient (Wildman–Crippen LogP) is 2.79. The van der Waals surface area contributed by atoms with Gasteiger partial charge in [-0.3, -0.25) is 0 Å². The smallest absolute Gasteiger partial charge is 0.161 e. The third kappa shape index (κ3) is 7.96. The molecule has 0 aromatic rings. The van der Waals surface area contributed by atoms with Crippen molar-refractivity contribution in [2.75, 3.05) is 6.16 Å². The molecule has 0 bridgehead atoms. The maximum absolute atomic E-state index is 10.4. The minimum Gasteiger partial charge on any atom is -0.161 e. The third-order valence-corrected chi connectivity index (χ3v) is 2.36. The van der Waals surface area contributed by atoms with Crippen LogP contribution in [0.15, 0.2) is 0 Å². The van der Waals surface area contributed by atoms with Gasteiger partial charge >= 0.3 is 8.03 Å². The highest BCUT2D eigenvalue weighted by Crippen LogP contribution is 2.28. The topological polar surface area (TPSA) is 37.3 Å². The fourth-order valence-electron chi connectivity index (χ4n) is 1.38. The Bertz CT molecular complexity index is 138. The van der Waals surface area contributed by atoms with Gasteiger partial charge in [-0.15, -0.1) is 0 Å². The lowest BCUT2D eigenvalue weighted by atomic mass is 9.86. The molecule has 0 aliphatic rings. The quantitative estimate of drug-likeness (QED) is 0.673. The van der Waals surface area contributed by atoms with Gasteiger partial charge in [-0.2, -0.15) is 4.89 Å². The Hall–Kier alpha value is 0.0600. The summed E-state index contributed by atoms with van der Waals surface area (Å²) in [6.07, 6.45) is 1.45. The summed E-state index contributed by atoms with van der Waals surface area (Å²) >= 11 is 0. The van der Waals surface area contributed by atoms with E-state index in [1.807, 2.05) is 6.92 Å². The maximum Gasteiger partial charge on any atom is 0.505 e. The molecule has 11 heavy (non-hydrogen) atoms. The summed E-state index contributed by atoms with van der Waals surface area (Å²) in [6, 6.07) is 0. The van der Waals surface area contributed by atoms with Gasteiger partial charge in [0.1, 0.15) is 0 Å². The Labute approximate surface area is 69.9 Å². The molecule has 0 aliphatic heterocycles. The van der Waals surface area contributed by atoms with Crippen LogP contribution in [0.5, 0.6) is 0 Å². The van der Waals surface area contributed by atoms with Crippen molar-refractivity contribution in [3.8, 4) is 0 Å². The van der Waals surface area contributed by atoms with Crippen molar-refractivity contribution >= 4 is 8.03 Å². The van der Waals surface area contributed by atoms with Crippen LogP contribution in [0.25, 0.3) is 0 Å². The molecular formula is C8H18O2P+. The zero-order valence-electron chi connectivity index (χ0n) is 7.79. The molecule has 0 saturated heterocycles. The molecule has 2 nitrogen and oxygen atoms in total. The molecule has 2 atom stereocenters. The molecule has 0 aromatic carbocycles. The minimum atomic E-state index is -1.94. The van der Waals surface area contributed by atoms with E-state index < -0.39 is 8.03 Å². The molecular weight excluding hydrogens is 159 g/mol. The van der Waals surface area contributed by atoms with Gasteiger partial charge in [-0.1, -0.05) is 27.7 Å². The molecule has 1 N–H and O–H groups in total. The first-order chi connectivity index (χ1) is 4.81. The van der Waals surface area contributed by atoms with E-state index in [0.717, 1.165) is 6.42 Å². The zero-order valence-corrected chi connectivity index (χ0v) is 8.69. The van der Waals surface area contributed by atoms with Crippen molar-refractivity contribution in [3.05, 3.63) is 0 Å². The Morgan fingerprint density at radius 3 is 2.18 bits per heavy atom. The maximum atomic E-state index is 10.4. The number of rotatable bonds is 3. The van der Waals surface area contributed by atoms with Crippen LogP contribution in [0, 0.1) is 11.3 Å². The summed E-state index contributed by atoms with van der Waals surface area (Å²) in [6.45, 7) is 8.46. The van der Waals surface area contributed by atoms with E-state index in [4.69, 9.17) is 4.89 Å². The SMILES string of the molecule is CC(C[P+](=O)O)CC(C)(C)C. The Kier molecular flexibility index (Phi) is 4.20. The van der Waals surface area contributed by atoms with Gasteiger partial charge < -0.3 is 0 Å². The fraction of sp³-hybridized carbons (Fsp3) is 1.00. The van der Waals surface area contributed by atoms with Crippen molar-refractivity contribution in [2.45, 2.75) is 34.1 Å². The van der Waals surface area contributed by atoms with Crippen molar-refractivity contribution in [2.24, 2.45) is 11.3 Å². The van der Waals surface area contributed by atoms with Gasteiger partial charge in [0.15, 0.2) is 6.16 Å². The summed E-state index contributed by atoms with van der Waals surface area (Å²) < 4.78 is 10.4. The molecule has 0 aromatic heterocycles. The largest absolute Gasteiger partial charge is 0.505 e. The zero-order chi connectivity index (χ0) is 9.07. The fourth-order valence-corrected chi connectivity index (χ4v) is 2.04. The minimum absolute atomic E-state index is 0.269. The van der Waals surface area contributed by atoms with Crippen LogP contribution in [0.2, 0.25) is 0 Å². The van der Waals surface area contributed by atoms with Crippen LogP contribution in [-0.4, -0.2) is 11.1 Å². The number of hydrogen-bond donors (Lipinski definition) is 1. The van der Waals surface area contributed by atoms with E-state index in [2.05, 4.69) is 20.8 Å². The summed E-state index contributed by atoms with van der Waals surface area (Å²) in [7, 11) is -1.94. The molecule has 0 radical (unpaired) electrons. The third-order valence-electron chi connectivity index (χ3n) is 1.43. The first-order valence-corrected chi connectivity index (χ1v) is 5.34. The highest BCUT2D eigenvalue weighted by Gasteiger charge is 2.22. The molecule has 0 saturated carbocycles. The average molecular weight is 177 g/mol. The van der Waals surface area contributed by atoms with Gasteiger partial charge in [0.05, 0.1) is 0 Å². The van der Waals surface area contributed by atoms with Crippen molar-refractivity contribution in [3.63, 3.8) is 0 Å². The van der Waals surface area contributed by atoms with Gasteiger partial charge in [0.25, 0.3) is 0 Å². The van der Waals surface area contributed by atoms with E-state index >= 15 is 0 Å². The summed E-state index contributed by atoms with van der Waals surface area (Å²) in [5.41, 5.74) is 0.269. The summed E-state index contributed by atoms with van der Waals surface area (Å²) in [4.78, 5) is 8.63. The van der Waals surface area contributed by atoms with Crippen molar-refractivity contribution in [1.82, 2.24) is 0 Å². The van der Waals surface area contributed by atoms with E-state index in [1.165, 1.54) is 0 Å². The summed E-state index contributed by atoms with van der Waals surface area (Å²) in [5.74, 6) is 0.351. The van der Waals surface area contributed by atoms with Crippen LogP contribution < -0.4 is 0 Å². The second-order valence-electron chi connectivity index (χ2n) is 4.40. The van der Waals surface area contributed by atoms with E-state index in [9.17, 15) is 4.57 Å². The molecule has 0 heterocycles. The van der Waals surface area contributed by atoms with E-state index in [0.29, 0.717) is 12.1 Å². The highest BCUT2D eigenvalue weighted by molar-refractivity contribution is 7.37. The van der Waals surface area contributed by atoms with Crippen LogP contribution in [-0.2, 0) is 4.57 Å². The second-order valence-corrected chi connectivity index (χ2v) is 5.47. The lowest BCUT2D eigenvalue weighted by molar-refractivity contribution is 0.319. The van der Waals surface area contributed by atoms with Crippen molar-refractivity contribution < 1.29 is 9.46 Å². The van der Waals surface area contributed by atoms with Crippen LogP contribution >= 0.6 is 8.03 Å². The van der Waals surface area contributed by atoms with Crippen LogP contribution in [0.4, 0.5) is 0 Å². The lowest BCUT2D eigenvalue weighted by Crippen LogP contribution is -2.12.